The Morgan fingerprint density at radius 1 is 1.22 bits per heavy atom. The van der Waals surface area contributed by atoms with Gasteiger partial charge in [0, 0.05) is 16.3 Å². The van der Waals surface area contributed by atoms with Crippen LogP contribution < -0.4 is 10.6 Å². The number of anilines is 2. The SMILES string of the molecule is CNc1cccc(C(=O)Nc2cccc(I)c2)n1. The van der Waals surface area contributed by atoms with Crippen molar-refractivity contribution < 1.29 is 4.79 Å². The molecule has 0 aliphatic rings. The quantitative estimate of drug-likeness (QED) is 0.835. The maximum atomic E-state index is 12.0. The van der Waals surface area contributed by atoms with Crippen LogP contribution in [0.25, 0.3) is 0 Å². The Morgan fingerprint density at radius 3 is 2.72 bits per heavy atom. The lowest BCUT2D eigenvalue weighted by Crippen LogP contribution is -2.14. The van der Waals surface area contributed by atoms with E-state index < -0.39 is 0 Å². The van der Waals surface area contributed by atoms with E-state index >= 15 is 0 Å². The number of benzene rings is 1. The zero-order chi connectivity index (χ0) is 13.0. The van der Waals surface area contributed by atoms with Crippen LogP contribution in [0.5, 0.6) is 0 Å². The largest absolute Gasteiger partial charge is 0.373 e. The summed E-state index contributed by atoms with van der Waals surface area (Å²) in [6, 6.07) is 12.9. The van der Waals surface area contributed by atoms with Crippen LogP contribution in [0.4, 0.5) is 11.5 Å². The summed E-state index contributed by atoms with van der Waals surface area (Å²) in [4.78, 5) is 16.2. The van der Waals surface area contributed by atoms with Crippen LogP contribution in [0.15, 0.2) is 42.5 Å². The van der Waals surface area contributed by atoms with Crippen LogP contribution >= 0.6 is 22.6 Å². The molecule has 0 aliphatic heterocycles. The minimum atomic E-state index is -0.214. The molecule has 1 amide bonds. The predicted molar refractivity (Wildman–Crippen MR) is 80.9 cm³/mol. The second-order valence-electron chi connectivity index (χ2n) is 3.62. The molecule has 5 heteroatoms. The minimum absolute atomic E-state index is 0.214. The molecule has 18 heavy (non-hydrogen) atoms. The Morgan fingerprint density at radius 2 is 2.00 bits per heavy atom. The summed E-state index contributed by atoms with van der Waals surface area (Å²) in [5.74, 6) is 0.458. The van der Waals surface area contributed by atoms with Gasteiger partial charge in [0.1, 0.15) is 11.5 Å². The normalized spacial score (nSPS) is 9.89. The summed E-state index contributed by atoms with van der Waals surface area (Å²) in [5, 5.41) is 5.72. The highest BCUT2D eigenvalue weighted by Crippen LogP contribution is 2.13. The molecule has 0 saturated heterocycles. The fraction of sp³-hybridized carbons (Fsp3) is 0.0769. The van der Waals surface area contributed by atoms with E-state index in [0.29, 0.717) is 11.5 Å². The number of hydrogen-bond acceptors (Lipinski definition) is 3. The Kier molecular flexibility index (Phi) is 4.14. The number of aromatic nitrogens is 1. The molecule has 0 bridgehead atoms. The van der Waals surface area contributed by atoms with Crippen LogP contribution in [0, 0.1) is 3.57 Å². The molecule has 2 rings (SSSR count). The second kappa shape index (κ2) is 5.81. The van der Waals surface area contributed by atoms with E-state index in [1.54, 1.807) is 19.2 Å². The fourth-order valence-electron chi connectivity index (χ4n) is 1.46. The van der Waals surface area contributed by atoms with Gasteiger partial charge in [-0.3, -0.25) is 4.79 Å². The number of nitrogens with zero attached hydrogens (tertiary/aromatic N) is 1. The van der Waals surface area contributed by atoms with Gasteiger partial charge in [-0.2, -0.15) is 0 Å². The van der Waals surface area contributed by atoms with Crippen LogP contribution in [0.3, 0.4) is 0 Å². The highest BCUT2D eigenvalue weighted by atomic mass is 127. The number of pyridine rings is 1. The number of amides is 1. The number of carbonyl (C=O) groups excluding carboxylic acids is 1. The molecule has 4 nitrogen and oxygen atoms in total. The third-order valence-electron chi connectivity index (χ3n) is 2.32. The molecule has 0 atom stereocenters. The third kappa shape index (κ3) is 3.19. The van der Waals surface area contributed by atoms with Gasteiger partial charge < -0.3 is 10.6 Å². The van der Waals surface area contributed by atoms with Crippen molar-refractivity contribution in [1.29, 1.82) is 0 Å². The summed E-state index contributed by atoms with van der Waals surface area (Å²) in [6.07, 6.45) is 0. The molecule has 0 radical (unpaired) electrons. The molecular weight excluding hydrogens is 341 g/mol. The van der Waals surface area contributed by atoms with Gasteiger partial charge in [0.05, 0.1) is 0 Å². The first kappa shape index (κ1) is 12.8. The number of halogens is 1. The van der Waals surface area contributed by atoms with Crippen molar-refractivity contribution in [2.45, 2.75) is 0 Å². The molecule has 0 unspecified atom stereocenters. The minimum Gasteiger partial charge on any atom is -0.373 e. The number of hydrogen-bond donors (Lipinski definition) is 2. The fourth-order valence-corrected chi connectivity index (χ4v) is 2.00. The van der Waals surface area contributed by atoms with E-state index in [9.17, 15) is 4.79 Å². The van der Waals surface area contributed by atoms with Crippen LogP contribution in [-0.2, 0) is 0 Å². The van der Waals surface area contributed by atoms with E-state index in [1.165, 1.54) is 0 Å². The third-order valence-corrected chi connectivity index (χ3v) is 2.99. The monoisotopic (exact) mass is 353 g/mol. The Hall–Kier alpha value is -1.63. The second-order valence-corrected chi connectivity index (χ2v) is 4.87. The van der Waals surface area contributed by atoms with Crippen molar-refractivity contribution in [3.8, 4) is 0 Å². The molecule has 2 aromatic rings. The van der Waals surface area contributed by atoms with Gasteiger partial charge in [-0.1, -0.05) is 12.1 Å². The first-order chi connectivity index (χ1) is 8.69. The summed E-state index contributed by atoms with van der Waals surface area (Å²) in [5.41, 5.74) is 1.16. The predicted octanol–water partition coefficient (Wildman–Crippen LogP) is 2.98. The molecule has 2 N–H and O–H groups in total. The lowest BCUT2D eigenvalue weighted by Gasteiger charge is -2.06. The Balaban J connectivity index is 2.16. The molecule has 0 saturated carbocycles. The van der Waals surface area contributed by atoms with Gasteiger partial charge in [0.15, 0.2) is 0 Å². The van der Waals surface area contributed by atoms with E-state index in [2.05, 4.69) is 38.2 Å². The van der Waals surface area contributed by atoms with Crippen LogP contribution in [0.1, 0.15) is 10.5 Å². The van der Waals surface area contributed by atoms with Gasteiger partial charge in [-0.05, 0) is 52.9 Å². The van der Waals surface area contributed by atoms with E-state index in [1.807, 2.05) is 30.3 Å². The van der Waals surface area contributed by atoms with Gasteiger partial charge in [-0.15, -0.1) is 0 Å². The van der Waals surface area contributed by atoms with Gasteiger partial charge in [0.25, 0.3) is 5.91 Å². The van der Waals surface area contributed by atoms with Crippen LogP contribution in [-0.4, -0.2) is 17.9 Å². The maximum absolute atomic E-state index is 12.0. The average Bonchev–Trinajstić information content (AvgIpc) is 2.39. The lowest BCUT2D eigenvalue weighted by atomic mass is 10.3. The summed E-state index contributed by atoms with van der Waals surface area (Å²) in [7, 11) is 1.77. The highest BCUT2D eigenvalue weighted by Gasteiger charge is 2.08. The smallest absolute Gasteiger partial charge is 0.274 e. The Labute approximate surface area is 119 Å². The molecule has 0 aliphatic carbocycles. The van der Waals surface area contributed by atoms with Crippen molar-refractivity contribution in [3.05, 3.63) is 51.7 Å². The van der Waals surface area contributed by atoms with E-state index in [-0.39, 0.29) is 5.91 Å². The van der Waals surface area contributed by atoms with E-state index in [4.69, 9.17) is 0 Å². The topological polar surface area (TPSA) is 54.0 Å². The highest BCUT2D eigenvalue weighted by molar-refractivity contribution is 14.1. The van der Waals surface area contributed by atoms with Crippen molar-refractivity contribution in [3.63, 3.8) is 0 Å². The molecule has 0 spiro atoms. The zero-order valence-electron chi connectivity index (χ0n) is 9.77. The standard InChI is InChI=1S/C13H12IN3O/c1-15-12-7-3-6-11(17-12)13(18)16-10-5-2-4-9(14)8-10/h2-8H,1H3,(H,15,17)(H,16,18). The van der Waals surface area contributed by atoms with E-state index in [0.717, 1.165) is 9.26 Å². The number of nitrogens with one attached hydrogen (secondary N) is 2. The van der Waals surface area contributed by atoms with Crippen LogP contribution in [0.2, 0.25) is 0 Å². The molecule has 92 valence electrons. The number of rotatable bonds is 3. The van der Waals surface area contributed by atoms with Crippen molar-refractivity contribution >= 4 is 40.0 Å². The first-order valence-electron chi connectivity index (χ1n) is 5.41. The summed E-state index contributed by atoms with van der Waals surface area (Å²) >= 11 is 2.20. The van der Waals surface area contributed by atoms with Gasteiger partial charge >= 0.3 is 0 Å². The van der Waals surface area contributed by atoms with Crippen molar-refractivity contribution in [2.75, 3.05) is 17.7 Å². The molecular formula is C13H12IN3O. The molecule has 1 heterocycles. The average molecular weight is 353 g/mol. The van der Waals surface area contributed by atoms with Gasteiger partial charge in [0.2, 0.25) is 0 Å². The Bertz CT molecular complexity index is 572. The lowest BCUT2D eigenvalue weighted by molar-refractivity contribution is 0.102. The van der Waals surface area contributed by atoms with Crippen molar-refractivity contribution in [2.24, 2.45) is 0 Å². The summed E-state index contributed by atoms with van der Waals surface area (Å²) < 4.78 is 1.07. The summed E-state index contributed by atoms with van der Waals surface area (Å²) in [6.45, 7) is 0. The maximum Gasteiger partial charge on any atom is 0.274 e. The first-order valence-corrected chi connectivity index (χ1v) is 6.48. The van der Waals surface area contributed by atoms with Gasteiger partial charge in [-0.25, -0.2) is 4.98 Å². The molecule has 0 fully saturated rings. The van der Waals surface area contributed by atoms with Crippen molar-refractivity contribution in [1.82, 2.24) is 4.98 Å². The molecule has 1 aromatic heterocycles. The molecule has 1 aromatic carbocycles. The number of carbonyl (C=O) groups is 1. The zero-order valence-corrected chi connectivity index (χ0v) is 11.9.